The molecular formula is C24H15Br2FN4O2. The zero-order valence-electron chi connectivity index (χ0n) is 16.9. The Labute approximate surface area is 206 Å². The molecule has 0 saturated heterocycles. The lowest BCUT2D eigenvalue weighted by atomic mass is 10.2. The fourth-order valence-corrected chi connectivity index (χ4v) is 2.52. The molecule has 0 aliphatic heterocycles. The Kier molecular flexibility index (Phi) is 10.5. The molecule has 0 spiro atoms. The highest BCUT2D eigenvalue weighted by Gasteiger charge is 1.98. The standard InChI is InChI=1S/C12H7BrN2O.C7H4FN.C5H4BrNO/c13-12-6-5-11(8-15-12)16-10-3-1-9(7-14)2-4-10;8-7-3-1-6(5-9)2-4-7;6-5-2-1-4(8)3-7-5/h1-6,8H;1-4H;1-3,8H. The van der Waals surface area contributed by atoms with Crippen molar-refractivity contribution < 1.29 is 14.2 Å². The molecule has 0 radical (unpaired) electrons. The molecule has 4 aromatic rings. The first-order chi connectivity index (χ1) is 15.9. The fourth-order valence-electron chi connectivity index (χ4n) is 2.05. The minimum absolute atomic E-state index is 0.188. The average Bonchev–Trinajstić information content (AvgIpc) is 2.84. The Morgan fingerprint density at radius 3 is 1.61 bits per heavy atom. The first kappa shape index (κ1) is 25.5. The lowest BCUT2D eigenvalue weighted by Crippen LogP contribution is -1.85. The van der Waals surface area contributed by atoms with Gasteiger partial charge in [-0.3, -0.25) is 0 Å². The van der Waals surface area contributed by atoms with Crippen molar-refractivity contribution in [3.63, 3.8) is 0 Å². The molecular weight excluding hydrogens is 555 g/mol. The quantitative estimate of drug-likeness (QED) is 0.268. The summed E-state index contributed by atoms with van der Waals surface area (Å²) >= 11 is 6.37. The normalized spacial score (nSPS) is 9.12. The molecule has 0 amide bonds. The SMILES string of the molecule is N#Cc1ccc(F)cc1.N#Cc1ccc(Oc2ccc(Br)nc2)cc1.Oc1ccc(Br)nc1. The van der Waals surface area contributed by atoms with Crippen LogP contribution in [0, 0.1) is 28.5 Å². The number of hydrogen-bond acceptors (Lipinski definition) is 6. The molecule has 1 N–H and O–H groups in total. The van der Waals surface area contributed by atoms with Gasteiger partial charge in [0, 0.05) is 0 Å². The van der Waals surface area contributed by atoms with Crippen molar-refractivity contribution in [3.8, 4) is 29.4 Å². The van der Waals surface area contributed by atoms with Crippen molar-refractivity contribution >= 4 is 31.9 Å². The molecule has 0 bridgehead atoms. The maximum atomic E-state index is 12.1. The van der Waals surface area contributed by atoms with E-state index in [2.05, 4.69) is 47.9 Å². The van der Waals surface area contributed by atoms with Gasteiger partial charge in [-0.15, -0.1) is 0 Å². The third-order valence-corrected chi connectivity index (χ3v) is 4.54. The molecule has 2 aromatic heterocycles. The van der Waals surface area contributed by atoms with Crippen LogP contribution in [0.2, 0.25) is 0 Å². The highest BCUT2D eigenvalue weighted by Crippen LogP contribution is 2.21. The van der Waals surface area contributed by atoms with Gasteiger partial charge in [-0.05, 0) is 105 Å². The van der Waals surface area contributed by atoms with Crippen LogP contribution in [0.4, 0.5) is 4.39 Å². The average molecular weight is 570 g/mol. The summed E-state index contributed by atoms with van der Waals surface area (Å²) in [6.07, 6.45) is 3.01. The van der Waals surface area contributed by atoms with Crippen molar-refractivity contribution in [3.05, 3.63) is 111 Å². The molecule has 33 heavy (non-hydrogen) atoms. The van der Waals surface area contributed by atoms with Gasteiger partial charge in [-0.2, -0.15) is 10.5 Å². The lowest BCUT2D eigenvalue weighted by Gasteiger charge is -2.04. The summed E-state index contributed by atoms with van der Waals surface area (Å²) in [4.78, 5) is 7.79. The van der Waals surface area contributed by atoms with Gasteiger partial charge in [-0.1, -0.05) is 0 Å². The second-order valence-corrected chi connectivity index (χ2v) is 7.64. The van der Waals surface area contributed by atoms with Gasteiger partial charge in [0.05, 0.1) is 35.7 Å². The number of pyridine rings is 2. The smallest absolute Gasteiger partial charge is 0.145 e. The minimum Gasteiger partial charge on any atom is -0.506 e. The van der Waals surface area contributed by atoms with Crippen LogP contribution in [-0.4, -0.2) is 15.1 Å². The van der Waals surface area contributed by atoms with Crippen LogP contribution < -0.4 is 4.74 Å². The van der Waals surface area contributed by atoms with E-state index in [1.165, 1.54) is 30.5 Å². The zero-order valence-corrected chi connectivity index (χ0v) is 20.0. The maximum Gasteiger partial charge on any atom is 0.145 e. The molecule has 0 fully saturated rings. The summed E-state index contributed by atoms with van der Waals surface area (Å²) in [5, 5.41) is 25.6. The molecule has 2 aromatic carbocycles. The molecule has 0 atom stereocenters. The van der Waals surface area contributed by atoms with Crippen molar-refractivity contribution in [1.29, 1.82) is 10.5 Å². The van der Waals surface area contributed by atoms with E-state index in [1.807, 2.05) is 12.1 Å². The number of halogens is 3. The first-order valence-corrected chi connectivity index (χ1v) is 10.7. The Hall–Kier alpha value is -3.79. The van der Waals surface area contributed by atoms with Gasteiger partial charge in [0.2, 0.25) is 0 Å². The number of aromatic nitrogens is 2. The van der Waals surface area contributed by atoms with Crippen molar-refractivity contribution in [1.82, 2.24) is 9.97 Å². The van der Waals surface area contributed by atoms with E-state index in [0.29, 0.717) is 22.6 Å². The van der Waals surface area contributed by atoms with Crippen LogP contribution in [-0.2, 0) is 0 Å². The molecule has 0 aliphatic rings. The lowest BCUT2D eigenvalue weighted by molar-refractivity contribution is 0.472. The molecule has 6 nitrogen and oxygen atoms in total. The predicted octanol–water partition coefficient (Wildman–Crippen LogP) is 6.76. The Bertz CT molecular complexity index is 1200. The monoisotopic (exact) mass is 568 g/mol. The van der Waals surface area contributed by atoms with Crippen molar-refractivity contribution in [2.75, 3.05) is 0 Å². The van der Waals surface area contributed by atoms with Crippen LogP contribution in [0.5, 0.6) is 17.2 Å². The van der Waals surface area contributed by atoms with Crippen LogP contribution in [0.1, 0.15) is 11.1 Å². The number of benzene rings is 2. The molecule has 4 rings (SSSR count). The Morgan fingerprint density at radius 1 is 0.697 bits per heavy atom. The summed E-state index contributed by atoms with van der Waals surface area (Å²) in [7, 11) is 0. The van der Waals surface area contributed by atoms with Gasteiger partial charge in [0.1, 0.15) is 32.3 Å². The summed E-state index contributed by atoms with van der Waals surface area (Å²) in [6.45, 7) is 0. The van der Waals surface area contributed by atoms with Gasteiger partial charge in [0.15, 0.2) is 0 Å². The van der Waals surface area contributed by atoms with E-state index >= 15 is 0 Å². The van der Waals surface area contributed by atoms with Gasteiger partial charge >= 0.3 is 0 Å². The Balaban J connectivity index is 0.000000192. The second-order valence-electron chi connectivity index (χ2n) is 6.01. The molecule has 9 heteroatoms. The molecule has 164 valence electrons. The number of rotatable bonds is 2. The number of nitriles is 2. The summed E-state index contributed by atoms with van der Waals surface area (Å²) in [6, 6.07) is 23.1. The van der Waals surface area contributed by atoms with Crippen LogP contribution in [0.25, 0.3) is 0 Å². The second kappa shape index (κ2) is 13.6. The molecule has 0 saturated carbocycles. The van der Waals surface area contributed by atoms with Crippen LogP contribution >= 0.6 is 31.9 Å². The van der Waals surface area contributed by atoms with E-state index in [1.54, 1.807) is 48.7 Å². The van der Waals surface area contributed by atoms with Gasteiger partial charge < -0.3 is 9.84 Å². The Morgan fingerprint density at radius 2 is 1.18 bits per heavy atom. The first-order valence-electron chi connectivity index (χ1n) is 9.15. The number of aromatic hydroxyl groups is 1. The van der Waals surface area contributed by atoms with Crippen molar-refractivity contribution in [2.24, 2.45) is 0 Å². The third kappa shape index (κ3) is 9.92. The predicted molar refractivity (Wildman–Crippen MR) is 128 cm³/mol. The summed E-state index contributed by atoms with van der Waals surface area (Å²) < 4.78 is 19.1. The van der Waals surface area contributed by atoms with E-state index < -0.39 is 0 Å². The maximum absolute atomic E-state index is 12.1. The largest absolute Gasteiger partial charge is 0.506 e. The fraction of sp³-hybridized carbons (Fsp3) is 0. The van der Waals surface area contributed by atoms with Gasteiger partial charge in [-0.25, -0.2) is 14.4 Å². The topological polar surface area (TPSA) is 103 Å². The number of nitrogens with zero attached hydrogens (tertiary/aromatic N) is 4. The van der Waals surface area contributed by atoms with E-state index in [0.717, 1.165) is 9.21 Å². The van der Waals surface area contributed by atoms with E-state index in [4.69, 9.17) is 20.4 Å². The third-order valence-electron chi connectivity index (χ3n) is 3.60. The number of ether oxygens (including phenoxy) is 1. The molecule has 0 aliphatic carbocycles. The van der Waals surface area contributed by atoms with Crippen molar-refractivity contribution in [2.45, 2.75) is 0 Å². The van der Waals surface area contributed by atoms with Gasteiger partial charge in [0.25, 0.3) is 0 Å². The highest BCUT2D eigenvalue weighted by molar-refractivity contribution is 9.10. The minimum atomic E-state index is -0.311. The zero-order chi connectivity index (χ0) is 24.1. The van der Waals surface area contributed by atoms with Crippen LogP contribution in [0.3, 0.4) is 0 Å². The molecule has 2 heterocycles. The van der Waals surface area contributed by atoms with E-state index in [-0.39, 0.29) is 11.6 Å². The summed E-state index contributed by atoms with van der Waals surface area (Å²) in [5.74, 6) is 1.22. The molecule has 0 unspecified atom stereocenters. The van der Waals surface area contributed by atoms with E-state index in [9.17, 15) is 4.39 Å². The van der Waals surface area contributed by atoms with Crippen LogP contribution in [0.15, 0.2) is 94.4 Å². The number of hydrogen-bond donors (Lipinski definition) is 1. The summed E-state index contributed by atoms with van der Waals surface area (Å²) in [5.41, 5.74) is 1.10. The highest BCUT2D eigenvalue weighted by atomic mass is 79.9.